The van der Waals surface area contributed by atoms with Gasteiger partial charge < -0.3 is 0 Å². The van der Waals surface area contributed by atoms with E-state index in [-0.39, 0.29) is 0 Å². The second-order valence-electron chi connectivity index (χ2n) is 6.36. The molecule has 20 heavy (non-hydrogen) atoms. The Balaban J connectivity index is 1.95. The highest BCUT2D eigenvalue weighted by Gasteiger charge is 2.29. The summed E-state index contributed by atoms with van der Waals surface area (Å²) < 4.78 is 2.90. The zero-order chi connectivity index (χ0) is 14.2. The Morgan fingerprint density at radius 1 is 1.35 bits per heavy atom. The third-order valence-corrected chi connectivity index (χ3v) is 4.59. The van der Waals surface area contributed by atoms with Gasteiger partial charge in [-0.2, -0.15) is 5.10 Å². The van der Waals surface area contributed by atoms with E-state index in [4.69, 9.17) is 12.2 Å². The second kappa shape index (κ2) is 5.13. The molecule has 4 nitrogen and oxygen atoms in total. The highest BCUT2D eigenvalue weighted by molar-refractivity contribution is 7.71. The van der Waals surface area contributed by atoms with Gasteiger partial charge >= 0.3 is 0 Å². The fraction of sp³-hybridized carbons (Fsp3) is 0.533. The SMILES string of the molecule is CC1(C)CCC(n2c(-c3cccnc3)n[nH]c2=S)CC1. The minimum absolute atomic E-state index is 0.449. The molecule has 0 saturated heterocycles. The van der Waals surface area contributed by atoms with Gasteiger partial charge in [-0.3, -0.25) is 14.6 Å². The first-order valence-electron chi connectivity index (χ1n) is 7.14. The van der Waals surface area contributed by atoms with Gasteiger partial charge in [0.15, 0.2) is 10.6 Å². The topological polar surface area (TPSA) is 46.5 Å². The van der Waals surface area contributed by atoms with Crippen molar-refractivity contribution < 1.29 is 0 Å². The summed E-state index contributed by atoms with van der Waals surface area (Å²) >= 11 is 5.44. The van der Waals surface area contributed by atoms with E-state index in [2.05, 4.69) is 33.6 Å². The lowest BCUT2D eigenvalue weighted by molar-refractivity contribution is 0.193. The standard InChI is InChI=1S/C15H20N4S/c1-15(2)7-5-12(6-8-15)19-13(17-18-14(19)20)11-4-3-9-16-10-11/h3-4,9-10,12H,5-8H2,1-2H3,(H,18,20). The van der Waals surface area contributed by atoms with E-state index in [9.17, 15) is 0 Å². The van der Waals surface area contributed by atoms with Crippen molar-refractivity contribution in [1.29, 1.82) is 0 Å². The van der Waals surface area contributed by atoms with Crippen LogP contribution in [0, 0.1) is 10.2 Å². The quantitative estimate of drug-likeness (QED) is 0.845. The molecule has 0 spiro atoms. The van der Waals surface area contributed by atoms with Crippen LogP contribution in [0.25, 0.3) is 11.4 Å². The minimum Gasteiger partial charge on any atom is -0.297 e. The maximum absolute atomic E-state index is 5.44. The Hall–Kier alpha value is -1.49. The van der Waals surface area contributed by atoms with Crippen molar-refractivity contribution in [2.24, 2.45) is 5.41 Å². The van der Waals surface area contributed by atoms with Gasteiger partial charge in [0.05, 0.1) is 0 Å². The summed E-state index contributed by atoms with van der Waals surface area (Å²) in [6, 6.07) is 4.41. The van der Waals surface area contributed by atoms with Crippen LogP contribution < -0.4 is 0 Å². The smallest absolute Gasteiger partial charge is 0.195 e. The Bertz CT molecular complexity index is 631. The number of aromatic amines is 1. The molecule has 0 radical (unpaired) electrons. The molecule has 1 saturated carbocycles. The van der Waals surface area contributed by atoms with Crippen LogP contribution in [-0.2, 0) is 0 Å². The Morgan fingerprint density at radius 3 is 2.75 bits per heavy atom. The van der Waals surface area contributed by atoms with E-state index in [0.29, 0.717) is 16.2 Å². The highest BCUT2D eigenvalue weighted by Crippen LogP contribution is 2.41. The van der Waals surface area contributed by atoms with Crippen LogP contribution in [0.15, 0.2) is 24.5 Å². The molecule has 0 unspecified atom stereocenters. The van der Waals surface area contributed by atoms with Crippen molar-refractivity contribution in [1.82, 2.24) is 19.7 Å². The van der Waals surface area contributed by atoms with Crippen molar-refractivity contribution in [3.8, 4) is 11.4 Å². The predicted molar refractivity (Wildman–Crippen MR) is 81.9 cm³/mol. The van der Waals surface area contributed by atoms with E-state index >= 15 is 0 Å². The van der Waals surface area contributed by atoms with Crippen LogP contribution in [0.4, 0.5) is 0 Å². The van der Waals surface area contributed by atoms with Crippen LogP contribution in [0.1, 0.15) is 45.6 Å². The summed E-state index contributed by atoms with van der Waals surface area (Å²) in [5, 5.41) is 7.35. The lowest BCUT2D eigenvalue weighted by Crippen LogP contribution is -2.24. The fourth-order valence-electron chi connectivity index (χ4n) is 2.98. The third kappa shape index (κ3) is 2.54. The first kappa shape index (κ1) is 13.5. The molecule has 2 aromatic heterocycles. The summed E-state index contributed by atoms with van der Waals surface area (Å²) in [5.74, 6) is 0.910. The van der Waals surface area contributed by atoms with Crippen molar-refractivity contribution in [2.45, 2.75) is 45.6 Å². The molecule has 1 fully saturated rings. The fourth-order valence-corrected chi connectivity index (χ4v) is 3.27. The van der Waals surface area contributed by atoms with Gasteiger partial charge in [0.2, 0.25) is 0 Å². The number of pyridine rings is 1. The van der Waals surface area contributed by atoms with E-state index in [1.807, 2.05) is 18.3 Å². The van der Waals surface area contributed by atoms with E-state index < -0.39 is 0 Å². The molecule has 0 aliphatic heterocycles. The van der Waals surface area contributed by atoms with Gasteiger partial charge in [-0.1, -0.05) is 13.8 Å². The van der Waals surface area contributed by atoms with Crippen LogP contribution in [0.5, 0.6) is 0 Å². The summed E-state index contributed by atoms with van der Waals surface area (Å²) in [7, 11) is 0. The number of nitrogens with zero attached hydrogens (tertiary/aromatic N) is 3. The van der Waals surface area contributed by atoms with E-state index in [1.54, 1.807) is 6.20 Å². The Kier molecular flexibility index (Phi) is 3.46. The average molecular weight is 288 g/mol. The van der Waals surface area contributed by atoms with Gasteiger partial charge in [0.1, 0.15) is 0 Å². The van der Waals surface area contributed by atoms with Gasteiger partial charge in [0.25, 0.3) is 0 Å². The van der Waals surface area contributed by atoms with Crippen LogP contribution in [-0.4, -0.2) is 19.7 Å². The number of hydrogen-bond acceptors (Lipinski definition) is 3. The molecular weight excluding hydrogens is 268 g/mol. The number of nitrogens with one attached hydrogen (secondary N) is 1. The van der Waals surface area contributed by atoms with Crippen LogP contribution in [0.2, 0.25) is 0 Å². The molecule has 0 bridgehead atoms. The lowest BCUT2D eigenvalue weighted by atomic mass is 9.75. The number of aromatic nitrogens is 4. The monoisotopic (exact) mass is 288 g/mol. The van der Waals surface area contributed by atoms with Crippen LogP contribution in [0.3, 0.4) is 0 Å². The number of hydrogen-bond donors (Lipinski definition) is 1. The van der Waals surface area contributed by atoms with Gasteiger partial charge in [-0.25, -0.2) is 0 Å². The molecule has 2 heterocycles. The maximum atomic E-state index is 5.44. The summed E-state index contributed by atoms with van der Waals surface area (Å²) in [6.45, 7) is 4.69. The van der Waals surface area contributed by atoms with Crippen molar-refractivity contribution in [2.75, 3.05) is 0 Å². The largest absolute Gasteiger partial charge is 0.297 e. The zero-order valence-electron chi connectivity index (χ0n) is 12.0. The van der Waals surface area contributed by atoms with Gasteiger partial charge in [0, 0.05) is 24.0 Å². The predicted octanol–water partition coefficient (Wildman–Crippen LogP) is 4.14. The van der Waals surface area contributed by atoms with Gasteiger partial charge in [-0.05, 0) is 55.4 Å². The van der Waals surface area contributed by atoms with Crippen molar-refractivity contribution in [3.05, 3.63) is 29.3 Å². The molecule has 1 N–H and O–H groups in total. The molecule has 3 rings (SSSR count). The summed E-state index contributed by atoms with van der Waals surface area (Å²) in [4.78, 5) is 4.18. The molecule has 1 aliphatic rings. The third-order valence-electron chi connectivity index (χ3n) is 4.30. The van der Waals surface area contributed by atoms with E-state index in [0.717, 1.165) is 24.2 Å². The van der Waals surface area contributed by atoms with E-state index in [1.165, 1.54) is 12.8 Å². The average Bonchev–Trinajstić information content (AvgIpc) is 2.82. The molecule has 1 aliphatic carbocycles. The molecule has 0 amide bonds. The molecule has 0 atom stereocenters. The first-order valence-corrected chi connectivity index (χ1v) is 7.55. The molecular formula is C15H20N4S. The second-order valence-corrected chi connectivity index (χ2v) is 6.75. The highest BCUT2D eigenvalue weighted by atomic mass is 32.1. The van der Waals surface area contributed by atoms with Crippen molar-refractivity contribution >= 4 is 12.2 Å². The van der Waals surface area contributed by atoms with Crippen LogP contribution >= 0.6 is 12.2 Å². The normalized spacial score (nSPS) is 19.1. The summed E-state index contributed by atoms with van der Waals surface area (Å²) in [5.41, 5.74) is 1.47. The zero-order valence-corrected chi connectivity index (χ0v) is 12.8. The molecule has 0 aromatic carbocycles. The van der Waals surface area contributed by atoms with Gasteiger partial charge in [-0.15, -0.1) is 0 Å². The van der Waals surface area contributed by atoms with Crippen molar-refractivity contribution in [3.63, 3.8) is 0 Å². The molecule has 2 aromatic rings. The lowest BCUT2D eigenvalue weighted by Gasteiger charge is -2.35. The Labute approximate surface area is 124 Å². The Morgan fingerprint density at radius 2 is 2.10 bits per heavy atom. The molecule has 5 heteroatoms. The maximum Gasteiger partial charge on any atom is 0.195 e. The minimum atomic E-state index is 0.449. The number of rotatable bonds is 2. The summed E-state index contributed by atoms with van der Waals surface area (Å²) in [6.07, 6.45) is 8.41. The first-order chi connectivity index (χ1) is 9.57. The molecule has 106 valence electrons. The number of H-pyrrole nitrogens is 1.